The zero-order chi connectivity index (χ0) is 20.2. The second kappa shape index (κ2) is 7.94. The molecule has 10 heteroatoms. The zero-order valence-electron chi connectivity index (χ0n) is 14.5. The van der Waals surface area contributed by atoms with Crippen molar-refractivity contribution in [3.63, 3.8) is 0 Å². The number of nitriles is 1. The lowest BCUT2D eigenvalue weighted by molar-refractivity contribution is -0.385. The molecule has 0 aromatic heterocycles. The van der Waals surface area contributed by atoms with E-state index in [1.54, 1.807) is 0 Å². The second-order valence-corrected chi connectivity index (χ2v) is 7.70. The molecule has 0 radical (unpaired) electrons. The van der Waals surface area contributed by atoms with Crippen LogP contribution in [0, 0.1) is 28.4 Å². The van der Waals surface area contributed by atoms with Crippen LogP contribution < -0.4 is 5.32 Å². The van der Waals surface area contributed by atoms with Gasteiger partial charge in [-0.1, -0.05) is 6.07 Å². The van der Waals surface area contributed by atoms with Crippen molar-refractivity contribution in [3.05, 3.63) is 63.7 Å². The van der Waals surface area contributed by atoms with E-state index in [0.29, 0.717) is 5.56 Å². The number of nitrogens with one attached hydrogen (secondary N) is 1. The van der Waals surface area contributed by atoms with Crippen LogP contribution in [-0.4, -0.2) is 37.1 Å². The van der Waals surface area contributed by atoms with Gasteiger partial charge >= 0.3 is 0 Å². The maximum atomic E-state index is 12.5. The number of rotatable bonds is 6. The highest BCUT2D eigenvalue weighted by molar-refractivity contribution is 7.89. The van der Waals surface area contributed by atoms with Gasteiger partial charge in [-0.2, -0.15) is 9.57 Å². The number of carbonyl (C=O) groups is 1. The SMILES string of the molecule is Cc1c(NC(=O)CN(C)S(=O)(=O)c2ccc(C#N)cc2)cccc1[N+](=O)[O-]. The minimum absolute atomic E-state index is 0.0525. The third kappa shape index (κ3) is 4.46. The molecule has 9 nitrogen and oxygen atoms in total. The predicted molar refractivity (Wildman–Crippen MR) is 97.4 cm³/mol. The number of hydrogen-bond donors (Lipinski definition) is 1. The summed E-state index contributed by atoms with van der Waals surface area (Å²) in [5.41, 5.74) is 0.675. The van der Waals surface area contributed by atoms with Crippen molar-refractivity contribution in [1.29, 1.82) is 5.26 Å². The van der Waals surface area contributed by atoms with Crippen molar-refractivity contribution in [2.24, 2.45) is 0 Å². The Labute approximate surface area is 156 Å². The van der Waals surface area contributed by atoms with Gasteiger partial charge in [0.25, 0.3) is 5.69 Å². The summed E-state index contributed by atoms with van der Waals surface area (Å²) in [6.07, 6.45) is 0. The molecule has 0 saturated carbocycles. The van der Waals surface area contributed by atoms with Gasteiger partial charge in [-0.05, 0) is 37.3 Å². The Morgan fingerprint density at radius 1 is 1.26 bits per heavy atom. The first-order valence-electron chi connectivity index (χ1n) is 7.67. The van der Waals surface area contributed by atoms with Gasteiger partial charge in [0.05, 0.1) is 39.2 Å². The van der Waals surface area contributed by atoms with Crippen LogP contribution in [0.5, 0.6) is 0 Å². The van der Waals surface area contributed by atoms with E-state index in [9.17, 15) is 23.3 Å². The number of nitrogens with zero attached hydrogens (tertiary/aromatic N) is 3. The molecule has 1 N–H and O–H groups in total. The molecule has 0 aliphatic carbocycles. The summed E-state index contributed by atoms with van der Waals surface area (Å²) in [5, 5.41) is 22.2. The first-order chi connectivity index (χ1) is 12.7. The molecular formula is C17H16N4O5S. The highest BCUT2D eigenvalue weighted by atomic mass is 32.2. The number of carbonyl (C=O) groups excluding carboxylic acids is 1. The van der Waals surface area contributed by atoms with Crippen LogP contribution in [0.4, 0.5) is 11.4 Å². The van der Waals surface area contributed by atoms with E-state index in [-0.39, 0.29) is 21.8 Å². The van der Waals surface area contributed by atoms with Gasteiger partial charge in [-0.15, -0.1) is 0 Å². The summed E-state index contributed by atoms with van der Waals surface area (Å²) in [6.45, 7) is 1.01. The quantitative estimate of drug-likeness (QED) is 0.594. The molecule has 27 heavy (non-hydrogen) atoms. The molecule has 1 amide bonds. The highest BCUT2D eigenvalue weighted by Crippen LogP contribution is 2.25. The Hall–Kier alpha value is -3.29. The second-order valence-electron chi connectivity index (χ2n) is 5.65. The van der Waals surface area contributed by atoms with E-state index in [4.69, 9.17) is 5.26 Å². The maximum Gasteiger partial charge on any atom is 0.274 e. The van der Waals surface area contributed by atoms with E-state index >= 15 is 0 Å². The average molecular weight is 388 g/mol. The average Bonchev–Trinajstić information content (AvgIpc) is 2.63. The molecule has 140 valence electrons. The van der Waals surface area contributed by atoms with Gasteiger partial charge in [0, 0.05) is 13.1 Å². The fourth-order valence-electron chi connectivity index (χ4n) is 2.31. The van der Waals surface area contributed by atoms with Crippen molar-refractivity contribution >= 4 is 27.3 Å². The highest BCUT2D eigenvalue weighted by Gasteiger charge is 2.23. The molecule has 0 bridgehead atoms. The minimum Gasteiger partial charge on any atom is -0.324 e. The lowest BCUT2D eigenvalue weighted by Gasteiger charge is -2.17. The topological polar surface area (TPSA) is 133 Å². The Balaban J connectivity index is 2.14. The molecule has 0 aliphatic rings. The van der Waals surface area contributed by atoms with Gasteiger partial charge in [0.1, 0.15) is 0 Å². The molecule has 0 unspecified atom stereocenters. The van der Waals surface area contributed by atoms with E-state index in [1.165, 1.54) is 56.4 Å². The Kier molecular flexibility index (Phi) is 5.89. The normalized spacial score (nSPS) is 11.0. The number of sulfonamides is 1. The molecule has 2 aromatic carbocycles. The molecule has 0 aliphatic heterocycles. The molecular weight excluding hydrogens is 372 g/mol. The van der Waals surface area contributed by atoms with Crippen LogP contribution in [-0.2, 0) is 14.8 Å². The summed E-state index contributed by atoms with van der Waals surface area (Å²) in [7, 11) is -2.68. The summed E-state index contributed by atoms with van der Waals surface area (Å²) in [4.78, 5) is 22.5. The van der Waals surface area contributed by atoms with Crippen LogP contribution in [0.3, 0.4) is 0 Å². The van der Waals surface area contributed by atoms with Crippen molar-refractivity contribution in [2.75, 3.05) is 18.9 Å². The van der Waals surface area contributed by atoms with Gasteiger partial charge < -0.3 is 5.32 Å². The largest absolute Gasteiger partial charge is 0.324 e. The zero-order valence-corrected chi connectivity index (χ0v) is 15.4. The Morgan fingerprint density at radius 3 is 2.44 bits per heavy atom. The van der Waals surface area contributed by atoms with Crippen LogP contribution in [0.25, 0.3) is 0 Å². The lowest BCUT2D eigenvalue weighted by atomic mass is 10.1. The molecule has 2 aromatic rings. The van der Waals surface area contributed by atoms with Crippen LogP contribution in [0.2, 0.25) is 0 Å². The third-order valence-corrected chi connectivity index (χ3v) is 5.65. The van der Waals surface area contributed by atoms with Crippen molar-refractivity contribution in [3.8, 4) is 6.07 Å². The Morgan fingerprint density at radius 2 is 1.89 bits per heavy atom. The molecule has 0 saturated heterocycles. The molecule has 0 fully saturated rings. The third-order valence-electron chi connectivity index (χ3n) is 3.83. The monoisotopic (exact) mass is 388 g/mol. The molecule has 2 rings (SSSR count). The number of nitro groups is 1. The van der Waals surface area contributed by atoms with E-state index in [1.807, 2.05) is 6.07 Å². The summed E-state index contributed by atoms with van der Waals surface area (Å²) in [6, 6.07) is 11.4. The Bertz CT molecular complexity index is 1030. The molecule has 0 spiro atoms. The maximum absolute atomic E-state index is 12.5. The summed E-state index contributed by atoms with van der Waals surface area (Å²) >= 11 is 0. The molecule has 0 heterocycles. The fourth-order valence-corrected chi connectivity index (χ4v) is 3.44. The summed E-state index contributed by atoms with van der Waals surface area (Å²) in [5.74, 6) is -0.640. The minimum atomic E-state index is -3.93. The number of likely N-dealkylation sites (N-methyl/N-ethyl adjacent to an activating group) is 1. The number of anilines is 1. The lowest BCUT2D eigenvalue weighted by Crippen LogP contribution is -2.35. The van der Waals surface area contributed by atoms with Crippen LogP contribution >= 0.6 is 0 Å². The number of hydrogen-bond acceptors (Lipinski definition) is 6. The smallest absolute Gasteiger partial charge is 0.274 e. The van der Waals surface area contributed by atoms with Gasteiger partial charge in [0.15, 0.2) is 0 Å². The first kappa shape index (κ1) is 20.0. The summed E-state index contributed by atoms with van der Waals surface area (Å²) < 4.78 is 25.9. The van der Waals surface area contributed by atoms with E-state index < -0.39 is 27.4 Å². The first-order valence-corrected chi connectivity index (χ1v) is 9.11. The fraction of sp³-hybridized carbons (Fsp3) is 0.176. The number of nitro benzene ring substituents is 1. The van der Waals surface area contributed by atoms with Crippen LogP contribution in [0.15, 0.2) is 47.4 Å². The van der Waals surface area contributed by atoms with Crippen molar-refractivity contribution < 1.29 is 18.1 Å². The van der Waals surface area contributed by atoms with E-state index in [2.05, 4.69) is 5.32 Å². The van der Waals surface area contributed by atoms with Gasteiger partial charge in [-0.25, -0.2) is 8.42 Å². The number of benzene rings is 2. The van der Waals surface area contributed by atoms with Gasteiger partial charge in [0.2, 0.25) is 15.9 Å². The van der Waals surface area contributed by atoms with Crippen molar-refractivity contribution in [2.45, 2.75) is 11.8 Å². The van der Waals surface area contributed by atoms with Crippen molar-refractivity contribution in [1.82, 2.24) is 4.31 Å². The van der Waals surface area contributed by atoms with Crippen LogP contribution in [0.1, 0.15) is 11.1 Å². The molecule has 0 atom stereocenters. The predicted octanol–water partition coefficient (Wildman–Crippen LogP) is 2.03. The standard InChI is InChI=1S/C17H16N4O5S/c1-12-15(4-3-5-16(12)21(23)24)19-17(22)11-20(2)27(25,26)14-8-6-13(10-18)7-9-14/h3-9H,11H2,1-2H3,(H,19,22). The number of amides is 1. The van der Waals surface area contributed by atoms with E-state index in [0.717, 1.165) is 4.31 Å². The van der Waals surface area contributed by atoms with Gasteiger partial charge in [-0.3, -0.25) is 14.9 Å².